The van der Waals surface area contributed by atoms with Crippen molar-refractivity contribution in [2.24, 2.45) is 5.92 Å². The summed E-state index contributed by atoms with van der Waals surface area (Å²) in [5.74, 6) is 0.468. The first-order valence-electron chi connectivity index (χ1n) is 5.87. The topological polar surface area (TPSA) is 41.1 Å². The maximum atomic E-state index is 12.1. The summed E-state index contributed by atoms with van der Waals surface area (Å²) in [6.07, 6.45) is 1.07. The number of rotatable bonds is 2. The summed E-state index contributed by atoms with van der Waals surface area (Å²) < 4.78 is 0.986. The third-order valence-corrected chi connectivity index (χ3v) is 3.58. The van der Waals surface area contributed by atoms with E-state index in [9.17, 15) is 4.79 Å². The van der Waals surface area contributed by atoms with E-state index < -0.39 is 0 Å². The van der Waals surface area contributed by atoms with Gasteiger partial charge in [-0.25, -0.2) is 0 Å². The first-order chi connectivity index (χ1) is 8.06. The van der Waals surface area contributed by atoms with Gasteiger partial charge in [-0.1, -0.05) is 22.9 Å². The molecule has 1 aromatic carbocycles. The van der Waals surface area contributed by atoms with Gasteiger partial charge in [0.2, 0.25) is 5.91 Å². The Morgan fingerprint density at radius 3 is 2.82 bits per heavy atom. The molecule has 3 nitrogen and oxygen atoms in total. The number of anilines is 1. The minimum absolute atomic E-state index is 0.0608. The molecule has 1 saturated heterocycles. The minimum atomic E-state index is -0.0608. The van der Waals surface area contributed by atoms with E-state index in [1.54, 1.807) is 0 Å². The molecule has 0 aromatic heterocycles. The van der Waals surface area contributed by atoms with Crippen LogP contribution >= 0.6 is 15.9 Å². The molecule has 1 aromatic rings. The highest BCUT2D eigenvalue weighted by molar-refractivity contribution is 9.10. The number of carbonyl (C=O) groups excluding carboxylic acids is 1. The van der Waals surface area contributed by atoms with Crippen LogP contribution in [-0.4, -0.2) is 18.5 Å². The van der Waals surface area contributed by atoms with Crippen molar-refractivity contribution in [3.63, 3.8) is 0 Å². The molecule has 92 valence electrons. The van der Waals surface area contributed by atoms with Crippen LogP contribution in [-0.2, 0) is 4.79 Å². The molecule has 1 amide bonds. The zero-order valence-corrected chi connectivity index (χ0v) is 11.7. The van der Waals surface area contributed by atoms with E-state index in [1.807, 2.05) is 25.1 Å². The highest BCUT2D eigenvalue weighted by Gasteiger charge is 2.29. The van der Waals surface area contributed by atoms with Crippen LogP contribution in [0.4, 0.5) is 5.69 Å². The Labute approximate surface area is 110 Å². The third-order valence-electron chi connectivity index (χ3n) is 3.13. The maximum Gasteiger partial charge on any atom is 0.241 e. The normalized spacial score (nSPS) is 23.7. The van der Waals surface area contributed by atoms with E-state index in [0.717, 1.165) is 28.7 Å². The average molecular weight is 297 g/mol. The zero-order valence-electron chi connectivity index (χ0n) is 10.1. The second kappa shape index (κ2) is 5.19. The molecule has 2 unspecified atom stereocenters. The zero-order chi connectivity index (χ0) is 12.4. The van der Waals surface area contributed by atoms with Crippen LogP contribution in [0.5, 0.6) is 0 Å². The summed E-state index contributed by atoms with van der Waals surface area (Å²) in [7, 11) is 0. The fraction of sp³-hybridized carbons (Fsp3) is 0.462. The largest absolute Gasteiger partial charge is 0.325 e. The molecule has 2 rings (SSSR count). The molecule has 1 heterocycles. The molecule has 0 aliphatic carbocycles. The second-order valence-corrected chi connectivity index (χ2v) is 5.62. The fourth-order valence-electron chi connectivity index (χ4n) is 2.21. The van der Waals surface area contributed by atoms with E-state index in [2.05, 4.69) is 33.5 Å². The number of aryl methyl sites for hydroxylation is 1. The summed E-state index contributed by atoms with van der Waals surface area (Å²) in [6.45, 7) is 5.05. The smallest absolute Gasteiger partial charge is 0.241 e. The molecular weight excluding hydrogens is 280 g/mol. The van der Waals surface area contributed by atoms with Crippen LogP contribution in [0.2, 0.25) is 0 Å². The Bertz CT molecular complexity index is 413. The number of nitrogens with one attached hydrogen (secondary N) is 2. The van der Waals surface area contributed by atoms with E-state index in [-0.39, 0.29) is 11.9 Å². The number of hydrogen-bond acceptors (Lipinski definition) is 2. The molecule has 0 saturated carbocycles. The van der Waals surface area contributed by atoms with Gasteiger partial charge in [-0.15, -0.1) is 0 Å². The van der Waals surface area contributed by atoms with Crippen LogP contribution < -0.4 is 10.6 Å². The minimum Gasteiger partial charge on any atom is -0.325 e. The summed E-state index contributed by atoms with van der Waals surface area (Å²) in [4.78, 5) is 12.1. The van der Waals surface area contributed by atoms with Gasteiger partial charge in [0.25, 0.3) is 0 Å². The van der Waals surface area contributed by atoms with Crippen LogP contribution in [0.15, 0.2) is 22.7 Å². The third kappa shape index (κ3) is 3.07. The maximum absolute atomic E-state index is 12.1. The summed E-state index contributed by atoms with van der Waals surface area (Å²) >= 11 is 3.43. The van der Waals surface area contributed by atoms with Crippen LogP contribution in [0.25, 0.3) is 0 Å². The molecule has 0 radical (unpaired) electrons. The lowest BCUT2D eigenvalue weighted by Gasteiger charge is -2.15. The Kier molecular flexibility index (Phi) is 3.84. The fourth-order valence-corrected chi connectivity index (χ4v) is 2.82. The molecule has 0 bridgehead atoms. The number of benzene rings is 1. The molecule has 1 aliphatic rings. The van der Waals surface area contributed by atoms with Crippen LogP contribution in [0.1, 0.15) is 18.9 Å². The quantitative estimate of drug-likeness (QED) is 0.881. The molecule has 1 fully saturated rings. The molecule has 17 heavy (non-hydrogen) atoms. The SMILES string of the molecule is Cc1cc(Br)cc(NC(=O)C2NCCC2C)c1. The Morgan fingerprint density at radius 2 is 2.24 bits per heavy atom. The van der Waals surface area contributed by atoms with Crippen molar-refractivity contribution in [3.8, 4) is 0 Å². The van der Waals surface area contributed by atoms with Crippen LogP contribution in [0.3, 0.4) is 0 Å². The summed E-state index contributed by atoms with van der Waals surface area (Å²) in [6, 6.07) is 5.85. The average Bonchev–Trinajstić information content (AvgIpc) is 2.62. The Balaban J connectivity index is 2.07. The van der Waals surface area contributed by atoms with E-state index in [0.29, 0.717) is 5.92 Å². The van der Waals surface area contributed by atoms with Gasteiger partial charge in [-0.3, -0.25) is 4.79 Å². The number of amides is 1. The highest BCUT2D eigenvalue weighted by Crippen LogP contribution is 2.21. The number of halogens is 1. The summed E-state index contributed by atoms with van der Waals surface area (Å²) in [5, 5.41) is 6.20. The van der Waals surface area contributed by atoms with Crippen molar-refractivity contribution < 1.29 is 4.79 Å². The molecule has 1 aliphatic heterocycles. The van der Waals surface area contributed by atoms with Crippen molar-refractivity contribution in [2.45, 2.75) is 26.3 Å². The van der Waals surface area contributed by atoms with Gasteiger partial charge < -0.3 is 10.6 Å². The Morgan fingerprint density at radius 1 is 1.47 bits per heavy atom. The first-order valence-corrected chi connectivity index (χ1v) is 6.67. The molecule has 2 atom stereocenters. The number of carbonyl (C=O) groups is 1. The predicted octanol–water partition coefficient (Wildman–Crippen LogP) is 2.69. The second-order valence-electron chi connectivity index (χ2n) is 4.70. The van der Waals surface area contributed by atoms with Gasteiger partial charge in [-0.2, -0.15) is 0 Å². The predicted molar refractivity (Wildman–Crippen MR) is 73.1 cm³/mol. The Hall–Kier alpha value is -0.870. The lowest BCUT2D eigenvalue weighted by atomic mass is 10.0. The van der Waals surface area contributed by atoms with Crippen molar-refractivity contribution >= 4 is 27.5 Å². The van der Waals surface area contributed by atoms with Gasteiger partial charge in [0.05, 0.1) is 6.04 Å². The van der Waals surface area contributed by atoms with E-state index in [4.69, 9.17) is 0 Å². The van der Waals surface area contributed by atoms with Crippen molar-refractivity contribution in [3.05, 3.63) is 28.2 Å². The highest BCUT2D eigenvalue weighted by atomic mass is 79.9. The van der Waals surface area contributed by atoms with Crippen molar-refractivity contribution in [1.29, 1.82) is 0 Å². The van der Waals surface area contributed by atoms with Gasteiger partial charge in [-0.05, 0) is 49.6 Å². The van der Waals surface area contributed by atoms with Gasteiger partial charge in [0.1, 0.15) is 0 Å². The molecule has 0 spiro atoms. The van der Waals surface area contributed by atoms with Crippen molar-refractivity contribution in [2.75, 3.05) is 11.9 Å². The standard InChI is InChI=1S/C13H17BrN2O/c1-8-5-10(14)7-11(6-8)16-13(17)12-9(2)3-4-15-12/h5-7,9,12,15H,3-4H2,1-2H3,(H,16,17). The summed E-state index contributed by atoms with van der Waals surface area (Å²) in [5.41, 5.74) is 1.98. The molecule has 2 N–H and O–H groups in total. The van der Waals surface area contributed by atoms with E-state index in [1.165, 1.54) is 0 Å². The molecular formula is C13H17BrN2O. The lowest BCUT2D eigenvalue weighted by Crippen LogP contribution is -2.39. The van der Waals surface area contributed by atoms with Crippen molar-refractivity contribution in [1.82, 2.24) is 5.32 Å². The first kappa shape index (κ1) is 12.6. The van der Waals surface area contributed by atoms with Gasteiger partial charge in [0.15, 0.2) is 0 Å². The van der Waals surface area contributed by atoms with Crippen LogP contribution in [0, 0.1) is 12.8 Å². The van der Waals surface area contributed by atoms with Gasteiger partial charge in [0, 0.05) is 10.2 Å². The van der Waals surface area contributed by atoms with E-state index >= 15 is 0 Å². The lowest BCUT2D eigenvalue weighted by molar-refractivity contribution is -0.118. The monoisotopic (exact) mass is 296 g/mol. The molecule has 4 heteroatoms. The number of hydrogen-bond donors (Lipinski definition) is 2. The van der Waals surface area contributed by atoms with Gasteiger partial charge >= 0.3 is 0 Å².